The number of ether oxygens (including phenoxy) is 2. The van der Waals surface area contributed by atoms with Crippen LogP contribution in [0, 0.1) is 0 Å². The lowest BCUT2D eigenvalue weighted by molar-refractivity contribution is -0.154. The van der Waals surface area contributed by atoms with E-state index in [9.17, 15) is 9.90 Å². The number of likely N-dealkylation sites (N-methyl/N-ethyl adjacent to an activating group) is 1. The molecule has 1 aliphatic heterocycles. The third kappa shape index (κ3) is 4.27. The van der Waals surface area contributed by atoms with Gasteiger partial charge in [-0.3, -0.25) is 0 Å². The van der Waals surface area contributed by atoms with Crippen LogP contribution in [0.4, 0.5) is 11.7 Å². The van der Waals surface area contributed by atoms with Gasteiger partial charge in [-0.2, -0.15) is 4.98 Å². The number of hydrogen-bond acceptors (Lipinski definition) is 9. The van der Waals surface area contributed by atoms with Gasteiger partial charge in [0.15, 0.2) is 16.7 Å². The molecule has 2 aromatic heterocycles. The van der Waals surface area contributed by atoms with Crippen LogP contribution in [-0.2, 0) is 21.6 Å². The number of carbonyl (C=O) groups excluding carboxylic acids is 1. The number of benzene rings is 3. The second-order valence-electron chi connectivity index (χ2n) is 9.85. The van der Waals surface area contributed by atoms with Crippen molar-refractivity contribution in [2.24, 2.45) is 0 Å². The summed E-state index contributed by atoms with van der Waals surface area (Å²) in [5, 5.41) is 19.5. The van der Waals surface area contributed by atoms with Gasteiger partial charge >= 0.3 is 5.97 Å². The van der Waals surface area contributed by atoms with Crippen molar-refractivity contribution >= 4 is 40.1 Å². The van der Waals surface area contributed by atoms with E-state index in [0.717, 1.165) is 22.4 Å². The predicted molar refractivity (Wildman–Crippen MR) is 155 cm³/mol. The summed E-state index contributed by atoms with van der Waals surface area (Å²) in [6, 6.07) is 25.0. The Balaban J connectivity index is 1.18. The molecule has 5 aromatic rings. The van der Waals surface area contributed by atoms with E-state index in [1.54, 1.807) is 0 Å². The van der Waals surface area contributed by atoms with Crippen LogP contribution >= 0.6 is 11.3 Å². The number of esters is 1. The third-order valence-corrected chi connectivity index (χ3v) is 8.18. The van der Waals surface area contributed by atoms with Crippen LogP contribution < -0.4 is 15.0 Å². The highest BCUT2D eigenvalue weighted by Gasteiger charge is 2.64. The van der Waals surface area contributed by atoms with E-state index in [4.69, 9.17) is 13.9 Å². The second kappa shape index (κ2) is 10.3. The molecule has 3 aromatic carbocycles. The molecule has 6 rings (SSSR count). The third-order valence-electron chi connectivity index (χ3n) is 7.44. The van der Waals surface area contributed by atoms with Gasteiger partial charge in [0.2, 0.25) is 0 Å². The number of aliphatic hydroxyl groups is 1. The summed E-state index contributed by atoms with van der Waals surface area (Å²) < 4.78 is 17.1. The van der Waals surface area contributed by atoms with Crippen molar-refractivity contribution < 1.29 is 23.8 Å². The molecule has 2 unspecified atom stereocenters. The number of oxazole rings is 1. The summed E-state index contributed by atoms with van der Waals surface area (Å²) in [4.78, 5) is 19.9. The van der Waals surface area contributed by atoms with Gasteiger partial charge in [-0.1, -0.05) is 54.6 Å². The van der Waals surface area contributed by atoms with Crippen molar-refractivity contribution in [2.75, 3.05) is 37.5 Å². The summed E-state index contributed by atoms with van der Waals surface area (Å²) >= 11 is 1.47. The maximum Gasteiger partial charge on any atom is 0.335 e. The van der Waals surface area contributed by atoms with E-state index >= 15 is 0 Å². The fourth-order valence-corrected chi connectivity index (χ4v) is 6.18. The Labute approximate surface area is 235 Å². The first kappa shape index (κ1) is 25.9. The van der Waals surface area contributed by atoms with Crippen molar-refractivity contribution in [3.05, 3.63) is 106 Å². The molecule has 0 spiro atoms. The highest BCUT2D eigenvalue weighted by Crippen LogP contribution is 2.53. The molecule has 0 aliphatic carbocycles. The Morgan fingerprint density at radius 1 is 1.05 bits per heavy atom. The van der Waals surface area contributed by atoms with E-state index in [-0.39, 0.29) is 6.42 Å². The molecule has 0 bridgehead atoms. The minimum atomic E-state index is -1.62. The van der Waals surface area contributed by atoms with Gasteiger partial charge in [0, 0.05) is 24.4 Å². The lowest BCUT2D eigenvalue weighted by atomic mass is 9.71. The first-order chi connectivity index (χ1) is 19.4. The van der Waals surface area contributed by atoms with E-state index in [0.29, 0.717) is 36.0 Å². The molecule has 8 nitrogen and oxygen atoms in total. The Morgan fingerprint density at radius 3 is 2.55 bits per heavy atom. The highest BCUT2D eigenvalue weighted by molar-refractivity contribution is 7.08. The number of thiophene rings is 1. The minimum Gasteiger partial charge on any atom is -0.492 e. The van der Waals surface area contributed by atoms with Gasteiger partial charge < -0.3 is 29.2 Å². The number of para-hydroxylation sites is 2. The Morgan fingerprint density at radius 2 is 1.80 bits per heavy atom. The van der Waals surface area contributed by atoms with E-state index in [2.05, 4.69) is 10.3 Å². The quantitative estimate of drug-likeness (QED) is 0.239. The fourth-order valence-electron chi connectivity index (χ4n) is 5.35. The van der Waals surface area contributed by atoms with Crippen LogP contribution in [0.3, 0.4) is 0 Å². The maximum absolute atomic E-state index is 13.5. The van der Waals surface area contributed by atoms with Gasteiger partial charge in [-0.05, 0) is 40.8 Å². The van der Waals surface area contributed by atoms with E-state index < -0.39 is 17.1 Å². The van der Waals surface area contributed by atoms with E-state index in [1.165, 1.54) is 18.4 Å². The summed E-state index contributed by atoms with van der Waals surface area (Å²) in [5.74, 6) is 0.154. The zero-order valence-corrected chi connectivity index (χ0v) is 23.0. The first-order valence-corrected chi connectivity index (χ1v) is 13.9. The molecule has 0 radical (unpaired) electrons. The number of rotatable bonds is 9. The molecule has 2 atom stereocenters. The summed E-state index contributed by atoms with van der Waals surface area (Å²) in [5.41, 5.74) is 1.34. The molecule has 3 heterocycles. The molecule has 0 fully saturated rings. The van der Waals surface area contributed by atoms with Crippen molar-refractivity contribution in [1.29, 1.82) is 0 Å². The van der Waals surface area contributed by atoms with Crippen LogP contribution in [0.2, 0.25) is 0 Å². The number of methoxy groups -OCH3 is 1. The molecule has 9 heteroatoms. The molecular weight excluding hydrogens is 526 g/mol. The van der Waals surface area contributed by atoms with Crippen LogP contribution in [0.15, 0.2) is 94.0 Å². The molecule has 0 saturated heterocycles. The largest absolute Gasteiger partial charge is 0.492 e. The van der Waals surface area contributed by atoms with Crippen molar-refractivity contribution in [2.45, 2.75) is 17.6 Å². The van der Waals surface area contributed by atoms with Gasteiger partial charge in [-0.25, -0.2) is 4.79 Å². The molecule has 40 heavy (non-hydrogen) atoms. The summed E-state index contributed by atoms with van der Waals surface area (Å²) in [6.07, 6.45) is 0.200. The number of aromatic nitrogens is 1. The number of carbonyl (C=O) groups is 1. The predicted octanol–water partition coefficient (Wildman–Crippen LogP) is 5.22. The smallest absolute Gasteiger partial charge is 0.335 e. The lowest BCUT2D eigenvalue weighted by Gasteiger charge is -2.40. The van der Waals surface area contributed by atoms with Gasteiger partial charge in [0.25, 0.3) is 6.01 Å². The molecule has 204 valence electrons. The number of nitrogens with zero attached hydrogens (tertiary/aromatic N) is 2. The first-order valence-electron chi connectivity index (χ1n) is 12.9. The van der Waals surface area contributed by atoms with E-state index in [1.807, 2.05) is 102 Å². The average Bonchev–Trinajstić information content (AvgIpc) is 3.69. The Kier molecular flexibility index (Phi) is 6.69. The van der Waals surface area contributed by atoms with Crippen LogP contribution in [0.1, 0.15) is 16.7 Å². The zero-order valence-electron chi connectivity index (χ0n) is 22.2. The van der Waals surface area contributed by atoms with Crippen LogP contribution in [0.25, 0.3) is 11.1 Å². The monoisotopic (exact) mass is 555 g/mol. The van der Waals surface area contributed by atoms with Gasteiger partial charge in [0.1, 0.15) is 17.9 Å². The summed E-state index contributed by atoms with van der Waals surface area (Å²) in [7, 11) is 3.25. The molecular formula is C31H29N3O5S. The molecule has 2 N–H and O–H groups in total. The Hall–Kier alpha value is -4.34. The topological polar surface area (TPSA) is 97.1 Å². The highest BCUT2D eigenvalue weighted by atomic mass is 32.1. The minimum absolute atomic E-state index is 0.200. The molecule has 1 aliphatic rings. The molecule has 0 amide bonds. The zero-order chi connectivity index (χ0) is 27.7. The summed E-state index contributed by atoms with van der Waals surface area (Å²) in [6.45, 7) is 1.01. The second-order valence-corrected chi connectivity index (χ2v) is 10.6. The fraction of sp³-hybridized carbons (Fsp3) is 0.226. The normalized spacial score (nSPS) is 19.7. The SMILES string of the molecule is COC(=O)C1(Cc2ccc(OCCN(C)c3nc4ccccc4o3)cc2)Nc2cscc2C1(O)c1ccccc1. The maximum atomic E-state index is 13.5. The number of nitrogens with one attached hydrogen (secondary N) is 1. The van der Waals surface area contributed by atoms with Crippen molar-refractivity contribution in [3.8, 4) is 5.75 Å². The number of hydrogen-bond donors (Lipinski definition) is 2. The van der Waals surface area contributed by atoms with Crippen molar-refractivity contribution in [3.63, 3.8) is 0 Å². The van der Waals surface area contributed by atoms with Gasteiger partial charge in [-0.15, -0.1) is 11.3 Å². The number of fused-ring (bicyclic) bond motifs is 2. The standard InChI is InChI=1S/C31H29N3O5S/c1-34(29-32-25-10-6-7-11-27(25)39-29)16-17-38-23-14-12-21(13-15-23)18-30(28(35)37-2)31(36,22-8-4-3-5-9-22)24-19-40-20-26(24)33-30/h3-15,19-20,33,36H,16-18H2,1-2H3. The molecule has 0 saturated carbocycles. The Bertz CT molecular complexity index is 1600. The van der Waals surface area contributed by atoms with Crippen LogP contribution in [0.5, 0.6) is 5.75 Å². The number of anilines is 2. The van der Waals surface area contributed by atoms with Crippen LogP contribution in [-0.4, -0.2) is 48.9 Å². The van der Waals surface area contributed by atoms with Crippen molar-refractivity contribution in [1.82, 2.24) is 4.98 Å². The van der Waals surface area contributed by atoms with Gasteiger partial charge in [0.05, 0.1) is 19.3 Å². The lowest BCUT2D eigenvalue weighted by Crippen LogP contribution is -2.61. The average molecular weight is 556 g/mol.